The number of aromatic nitrogens is 2. The molecule has 19 heavy (non-hydrogen) atoms. The van der Waals surface area contributed by atoms with Crippen LogP contribution in [0.5, 0.6) is 0 Å². The second kappa shape index (κ2) is 6.19. The van der Waals surface area contributed by atoms with Gasteiger partial charge in [0.1, 0.15) is 5.76 Å². The lowest BCUT2D eigenvalue weighted by atomic mass is 10.3. The van der Waals surface area contributed by atoms with Crippen molar-refractivity contribution in [3.8, 4) is 0 Å². The number of rotatable bonds is 6. The number of carbonyl (C=O) groups excluding carboxylic acids is 1. The Kier molecular flexibility index (Phi) is 4.35. The van der Waals surface area contributed by atoms with Crippen molar-refractivity contribution in [2.75, 3.05) is 13.6 Å². The first-order valence-corrected chi connectivity index (χ1v) is 6.08. The Morgan fingerprint density at radius 3 is 3.05 bits per heavy atom. The van der Waals surface area contributed by atoms with Gasteiger partial charge in [-0.3, -0.25) is 14.4 Å². The van der Waals surface area contributed by atoms with E-state index >= 15 is 0 Å². The molecule has 0 saturated heterocycles. The molecule has 1 N–H and O–H groups in total. The highest BCUT2D eigenvalue weighted by molar-refractivity contribution is 5.77. The van der Waals surface area contributed by atoms with Crippen LogP contribution in [0.15, 0.2) is 35.2 Å². The molecule has 0 bridgehead atoms. The molecule has 2 aromatic rings. The molecule has 0 aromatic carbocycles. The Labute approximate surface area is 112 Å². The molecule has 1 amide bonds. The van der Waals surface area contributed by atoms with Gasteiger partial charge in [-0.05, 0) is 19.2 Å². The van der Waals surface area contributed by atoms with E-state index in [1.165, 1.54) is 0 Å². The predicted molar refractivity (Wildman–Crippen MR) is 70.1 cm³/mol. The van der Waals surface area contributed by atoms with Crippen molar-refractivity contribution >= 4 is 5.91 Å². The molecule has 0 fully saturated rings. The highest BCUT2D eigenvalue weighted by Gasteiger charge is 2.08. The molecule has 2 heterocycles. The molecule has 6 heteroatoms. The number of hydrogen-bond acceptors (Lipinski definition) is 4. The summed E-state index contributed by atoms with van der Waals surface area (Å²) in [4.78, 5) is 13.7. The van der Waals surface area contributed by atoms with Crippen LogP contribution in [-0.2, 0) is 24.9 Å². The Hall–Kier alpha value is -2.08. The van der Waals surface area contributed by atoms with Gasteiger partial charge in [0.05, 0.1) is 25.5 Å². The van der Waals surface area contributed by atoms with Gasteiger partial charge in [0.15, 0.2) is 0 Å². The lowest BCUT2D eigenvalue weighted by Gasteiger charge is -2.14. The molecule has 0 aliphatic carbocycles. The van der Waals surface area contributed by atoms with Crippen LogP contribution in [0.2, 0.25) is 0 Å². The van der Waals surface area contributed by atoms with Gasteiger partial charge in [0, 0.05) is 25.4 Å². The maximum Gasteiger partial charge on any atom is 0.234 e. The van der Waals surface area contributed by atoms with E-state index in [1.807, 2.05) is 31.3 Å². The minimum absolute atomic E-state index is 0.0252. The summed E-state index contributed by atoms with van der Waals surface area (Å²) in [6, 6.07) is 3.63. The standard InChI is InChI=1S/C13H18N4O2/c1-16(8-11-6-15-17(2)9-11)10-13(18)14-7-12-4-3-5-19-12/h3-6,9H,7-8,10H2,1-2H3,(H,14,18). The maximum absolute atomic E-state index is 11.7. The van der Waals surface area contributed by atoms with Gasteiger partial charge in [-0.2, -0.15) is 5.10 Å². The number of furan rings is 1. The first-order chi connectivity index (χ1) is 9.13. The summed E-state index contributed by atoms with van der Waals surface area (Å²) in [5.41, 5.74) is 1.09. The Morgan fingerprint density at radius 2 is 2.42 bits per heavy atom. The topological polar surface area (TPSA) is 63.3 Å². The summed E-state index contributed by atoms with van der Waals surface area (Å²) in [6.45, 7) is 1.46. The first-order valence-electron chi connectivity index (χ1n) is 6.08. The summed E-state index contributed by atoms with van der Waals surface area (Å²) >= 11 is 0. The number of nitrogens with one attached hydrogen (secondary N) is 1. The molecule has 2 rings (SSSR count). The van der Waals surface area contributed by atoms with E-state index in [1.54, 1.807) is 23.2 Å². The fourth-order valence-corrected chi connectivity index (χ4v) is 1.82. The third kappa shape index (κ3) is 4.26. The van der Waals surface area contributed by atoms with Crippen molar-refractivity contribution in [2.24, 2.45) is 7.05 Å². The zero-order valence-corrected chi connectivity index (χ0v) is 11.2. The normalized spacial score (nSPS) is 10.9. The minimum Gasteiger partial charge on any atom is -0.467 e. The molecule has 102 valence electrons. The molecule has 0 atom stereocenters. The average molecular weight is 262 g/mol. The summed E-state index contributed by atoms with van der Waals surface area (Å²) < 4.78 is 6.90. The van der Waals surface area contributed by atoms with Crippen LogP contribution in [0.25, 0.3) is 0 Å². The van der Waals surface area contributed by atoms with Gasteiger partial charge in [0.25, 0.3) is 0 Å². The Balaban J connectivity index is 1.72. The SMILES string of the molecule is CN(CC(=O)NCc1ccco1)Cc1cnn(C)c1. The highest BCUT2D eigenvalue weighted by atomic mass is 16.3. The van der Waals surface area contributed by atoms with E-state index in [9.17, 15) is 4.79 Å². The fraction of sp³-hybridized carbons (Fsp3) is 0.385. The zero-order valence-electron chi connectivity index (χ0n) is 11.2. The second-order valence-corrected chi connectivity index (χ2v) is 4.55. The van der Waals surface area contributed by atoms with Crippen LogP contribution < -0.4 is 5.32 Å². The van der Waals surface area contributed by atoms with E-state index in [2.05, 4.69) is 10.4 Å². The number of carbonyl (C=O) groups is 1. The number of amides is 1. The third-order valence-corrected chi connectivity index (χ3v) is 2.66. The van der Waals surface area contributed by atoms with E-state index in [0.29, 0.717) is 19.6 Å². The largest absolute Gasteiger partial charge is 0.467 e. The predicted octanol–water partition coefficient (Wildman–Crippen LogP) is 0.761. The number of nitrogens with zero attached hydrogens (tertiary/aromatic N) is 3. The number of likely N-dealkylation sites (N-methyl/N-ethyl adjacent to an activating group) is 1. The van der Waals surface area contributed by atoms with E-state index < -0.39 is 0 Å². The van der Waals surface area contributed by atoms with Crippen LogP contribution in [0.3, 0.4) is 0 Å². The lowest BCUT2D eigenvalue weighted by Crippen LogP contribution is -2.34. The summed E-state index contributed by atoms with van der Waals surface area (Å²) in [7, 11) is 3.78. The number of hydrogen-bond donors (Lipinski definition) is 1. The average Bonchev–Trinajstić information content (AvgIpc) is 2.98. The molecule has 0 aliphatic heterocycles. The van der Waals surface area contributed by atoms with E-state index in [-0.39, 0.29) is 5.91 Å². The van der Waals surface area contributed by atoms with Gasteiger partial charge in [-0.15, -0.1) is 0 Å². The smallest absolute Gasteiger partial charge is 0.234 e. The Bertz CT molecular complexity index is 518. The minimum atomic E-state index is -0.0252. The van der Waals surface area contributed by atoms with Crippen LogP contribution in [0.4, 0.5) is 0 Å². The molecular weight excluding hydrogens is 244 g/mol. The summed E-state index contributed by atoms with van der Waals surface area (Å²) in [5.74, 6) is 0.728. The molecule has 0 unspecified atom stereocenters. The quantitative estimate of drug-likeness (QED) is 0.835. The highest BCUT2D eigenvalue weighted by Crippen LogP contribution is 2.01. The van der Waals surface area contributed by atoms with Crippen molar-refractivity contribution in [2.45, 2.75) is 13.1 Å². The summed E-state index contributed by atoms with van der Waals surface area (Å²) in [6.07, 6.45) is 5.34. The number of aryl methyl sites for hydroxylation is 1. The Morgan fingerprint density at radius 1 is 1.58 bits per heavy atom. The molecule has 2 aromatic heterocycles. The van der Waals surface area contributed by atoms with Crippen molar-refractivity contribution in [3.63, 3.8) is 0 Å². The van der Waals surface area contributed by atoms with Crippen LogP contribution in [-0.4, -0.2) is 34.2 Å². The molecule has 0 saturated carbocycles. The monoisotopic (exact) mass is 262 g/mol. The fourth-order valence-electron chi connectivity index (χ4n) is 1.82. The van der Waals surface area contributed by atoms with E-state index in [0.717, 1.165) is 11.3 Å². The van der Waals surface area contributed by atoms with Gasteiger partial charge < -0.3 is 9.73 Å². The molecule has 6 nitrogen and oxygen atoms in total. The second-order valence-electron chi connectivity index (χ2n) is 4.55. The van der Waals surface area contributed by atoms with Gasteiger partial charge in [-0.1, -0.05) is 0 Å². The van der Waals surface area contributed by atoms with Gasteiger partial charge in [-0.25, -0.2) is 0 Å². The molecule has 0 spiro atoms. The van der Waals surface area contributed by atoms with Crippen molar-refractivity contribution in [3.05, 3.63) is 42.1 Å². The van der Waals surface area contributed by atoms with E-state index in [4.69, 9.17) is 4.42 Å². The zero-order chi connectivity index (χ0) is 13.7. The van der Waals surface area contributed by atoms with Crippen LogP contribution in [0.1, 0.15) is 11.3 Å². The van der Waals surface area contributed by atoms with Crippen LogP contribution in [0, 0.1) is 0 Å². The van der Waals surface area contributed by atoms with Gasteiger partial charge >= 0.3 is 0 Å². The molecular formula is C13H18N4O2. The van der Waals surface area contributed by atoms with Crippen LogP contribution >= 0.6 is 0 Å². The molecule has 0 aliphatic rings. The lowest BCUT2D eigenvalue weighted by molar-refractivity contribution is -0.122. The first kappa shape index (κ1) is 13.4. The summed E-state index contributed by atoms with van der Waals surface area (Å²) in [5, 5.41) is 6.91. The van der Waals surface area contributed by atoms with Crippen molar-refractivity contribution in [1.29, 1.82) is 0 Å². The van der Waals surface area contributed by atoms with Gasteiger partial charge in [0.2, 0.25) is 5.91 Å². The maximum atomic E-state index is 11.7. The van der Waals surface area contributed by atoms with Crippen molar-refractivity contribution in [1.82, 2.24) is 20.0 Å². The van der Waals surface area contributed by atoms with Crippen molar-refractivity contribution < 1.29 is 9.21 Å². The third-order valence-electron chi connectivity index (χ3n) is 2.66. The molecule has 0 radical (unpaired) electrons.